The zero-order chi connectivity index (χ0) is 12.6. The Kier molecular flexibility index (Phi) is 4.35. The molecule has 0 N–H and O–H groups in total. The number of halogens is 3. The Balaban J connectivity index is 2.43. The molecule has 0 aliphatic heterocycles. The minimum absolute atomic E-state index is 0.215. The Morgan fingerprint density at radius 3 is 2.47 bits per heavy atom. The van der Waals surface area contributed by atoms with Crippen LogP contribution in [-0.4, -0.2) is 0 Å². The van der Waals surface area contributed by atoms with Crippen molar-refractivity contribution in [3.63, 3.8) is 0 Å². The first kappa shape index (κ1) is 13.6. The average molecular weight is 395 g/mol. The highest BCUT2D eigenvalue weighted by molar-refractivity contribution is 9.10. The molecule has 1 heterocycles. The van der Waals surface area contributed by atoms with Crippen molar-refractivity contribution in [2.75, 3.05) is 0 Å². The molecule has 0 amide bonds. The van der Waals surface area contributed by atoms with Crippen LogP contribution in [0.1, 0.15) is 26.4 Å². The van der Waals surface area contributed by atoms with Crippen molar-refractivity contribution in [3.05, 3.63) is 54.6 Å². The van der Waals surface area contributed by atoms with E-state index < -0.39 is 0 Å². The minimum Gasteiger partial charge on any atom is -0.127 e. The van der Waals surface area contributed by atoms with Gasteiger partial charge in [-0.1, -0.05) is 49.5 Å². The van der Waals surface area contributed by atoms with E-state index in [1.807, 2.05) is 6.07 Å². The van der Waals surface area contributed by atoms with Crippen LogP contribution in [0.25, 0.3) is 0 Å². The fraction of sp³-hybridized carbons (Fsp3) is 0.231. The lowest BCUT2D eigenvalue weighted by Gasteiger charge is -2.13. The molecule has 2 aromatic rings. The van der Waals surface area contributed by atoms with Gasteiger partial charge in [0.25, 0.3) is 0 Å². The van der Waals surface area contributed by atoms with Crippen LogP contribution in [0.15, 0.2) is 28.7 Å². The highest BCUT2D eigenvalue weighted by Crippen LogP contribution is 2.39. The maximum absolute atomic E-state index is 5.98. The van der Waals surface area contributed by atoms with E-state index in [0.29, 0.717) is 0 Å². The third-order valence-electron chi connectivity index (χ3n) is 2.66. The first-order chi connectivity index (χ1) is 7.99. The molecule has 0 aliphatic carbocycles. The number of benzene rings is 1. The van der Waals surface area contributed by atoms with Crippen molar-refractivity contribution in [1.29, 1.82) is 0 Å². The molecule has 0 saturated carbocycles. The molecule has 0 aliphatic rings. The van der Waals surface area contributed by atoms with Gasteiger partial charge < -0.3 is 0 Å². The molecule has 17 heavy (non-hydrogen) atoms. The molecule has 1 aromatic heterocycles. The van der Waals surface area contributed by atoms with Crippen LogP contribution in [0.2, 0.25) is 4.34 Å². The molecule has 2 rings (SSSR count). The molecule has 1 unspecified atom stereocenters. The van der Waals surface area contributed by atoms with E-state index in [-0.39, 0.29) is 4.83 Å². The Morgan fingerprint density at radius 1 is 1.18 bits per heavy atom. The van der Waals surface area contributed by atoms with E-state index in [1.165, 1.54) is 21.6 Å². The predicted molar refractivity (Wildman–Crippen MR) is 83.7 cm³/mol. The predicted octanol–water partition coefficient (Wildman–Crippen LogP) is 6.27. The Morgan fingerprint density at radius 2 is 1.88 bits per heavy atom. The Hall–Kier alpha value is 0.170. The highest BCUT2D eigenvalue weighted by atomic mass is 79.9. The van der Waals surface area contributed by atoms with Gasteiger partial charge in [0.05, 0.1) is 9.16 Å². The summed E-state index contributed by atoms with van der Waals surface area (Å²) in [5.74, 6) is 0. The monoisotopic (exact) mass is 392 g/mol. The standard InChI is InChI=1S/C13H11Br2ClS/c1-7-6-10(14)8(2)5-9(7)13(15)11-3-4-12(16)17-11/h3-6,13H,1-2H3. The zero-order valence-electron chi connectivity index (χ0n) is 9.43. The summed E-state index contributed by atoms with van der Waals surface area (Å²) >= 11 is 14.9. The van der Waals surface area contributed by atoms with Crippen molar-refractivity contribution < 1.29 is 0 Å². The average Bonchev–Trinajstić information content (AvgIpc) is 2.69. The number of thiophene rings is 1. The second-order valence-corrected chi connectivity index (χ2v) is 7.48. The summed E-state index contributed by atoms with van der Waals surface area (Å²) in [5.41, 5.74) is 3.82. The van der Waals surface area contributed by atoms with Gasteiger partial charge in [-0.25, -0.2) is 0 Å². The quantitative estimate of drug-likeness (QED) is 0.527. The van der Waals surface area contributed by atoms with Crippen LogP contribution >= 0.6 is 54.8 Å². The lowest BCUT2D eigenvalue weighted by molar-refractivity contribution is 1.16. The van der Waals surface area contributed by atoms with Gasteiger partial charge in [-0.15, -0.1) is 11.3 Å². The molecule has 0 spiro atoms. The van der Waals surface area contributed by atoms with E-state index in [4.69, 9.17) is 11.6 Å². The van der Waals surface area contributed by atoms with Crippen molar-refractivity contribution in [1.82, 2.24) is 0 Å². The summed E-state index contributed by atoms with van der Waals surface area (Å²) in [6, 6.07) is 8.39. The van der Waals surface area contributed by atoms with Gasteiger partial charge in [-0.05, 0) is 48.7 Å². The summed E-state index contributed by atoms with van der Waals surface area (Å²) in [5, 5.41) is 0. The van der Waals surface area contributed by atoms with Crippen molar-refractivity contribution >= 4 is 54.8 Å². The molecule has 90 valence electrons. The third kappa shape index (κ3) is 2.95. The third-order valence-corrected chi connectivity index (χ3v) is 6.10. The van der Waals surface area contributed by atoms with E-state index in [9.17, 15) is 0 Å². The van der Waals surface area contributed by atoms with Crippen molar-refractivity contribution in [3.8, 4) is 0 Å². The van der Waals surface area contributed by atoms with Crippen LogP contribution in [0.5, 0.6) is 0 Å². The number of alkyl halides is 1. The molecule has 1 aromatic carbocycles. The van der Waals surface area contributed by atoms with Crippen LogP contribution in [0.3, 0.4) is 0 Å². The van der Waals surface area contributed by atoms with Crippen molar-refractivity contribution in [2.24, 2.45) is 0 Å². The van der Waals surface area contributed by atoms with Gasteiger partial charge in [0.2, 0.25) is 0 Å². The zero-order valence-corrected chi connectivity index (χ0v) is 14.2. The van der Waals surface area contributed by atoms with Gasteiger partial charge in [-0.2, -0.15) is 0 Å². The van der Waals surface area contributed by atoms with E-state index in [1.54, 1.807) is 11.3 Å². The maximum Gasteiger partial charge on any atom is 0.0931 e. The normalized spacial score (nSPS) is 12.8. The smallest absolute Gasteiger partial charge is 0.0931 e. The summed E-state index contributed by atoms with van der Waals surface area (Å²) in [7, 11) is 0. The highest BCUT2D eigenvalue weighted by Gasteiger charge is 2.15. The van der Waals surface area contributed by atoms with E-state index >= 15 is 0 Å². The number of rotatable bonds is 2. The number of hydrogen-bond donors (Lipinski definition) is 0. The molecular weight excluding hydrogens is 383 g/mol. The first-order valence-corrected chi connectivity index (χ1v) is 8.05. The molecule has 4 heteroatoms. The van der Waals surface area contributed by atoms with Crippen LogP contribution in [0.4, 0.5) is 0 Å². The van der Waals surface area contributed by atoms with Gasteiger partial charge in [0.1, 0.15) is 0 Å². The lowest BCUT2D eigenvalue weighted by Crippen LogP contribution is -1.95. The largest absolute Gasteiger partial charge is 0.127 e. The van der Waals surface area contributed by atoms with Gasteiger partial charge in [-0.3, -0.25) is 0 Å². The van der Waals surface area contributed by atoms with Crippen LogP contribution in [-0.2, 0) is 0 Å². The molecule has 0 saturated heterocycles. The summed E-state index contributed by atoms with van der Waals surface area (Å²) in [4.78, 5) is 1.45. The fourth-order valence-corrected chi connectivity index (χ4v) is 4.14. The lowest BCUT2D eigenvalue weighted by atomic mass is 10.0. The molecular formula is C13H11Br2ClS. The summed E-state index contributed by atoms with van der Waals surface area (Å²) in [6.07, 6.45) is 0. The number of aryl methyl sites for hydroxylation is 2. The molecule has 0 nitrogen and oxygen atoms in total. The Bertz CT molecular complexity index is 548. The molecule has 0 bridgehead atoms. The van der Waals surface area contributed by atoms with E-state index in [0.717, 1.165) is 8.81 Å². The first-order valence-electron chi connectivity index (χ1n) is 5.15. The maximum atomic E-state index is 5.98. The summed E-state index contributed by atoms with van der Waals surface area (Å²) < 4.78 is 1.98. The molecule has 0 radical (unpaired) electrons. The van der Waals surface area contributed by atoms with Gasteiger partial charge in [0, 0.05) is 9.35 Å². The number of hydrogen-bond acceptors (Lipinski definition) is 1. The summed E-state index contributed by atoms with van der Waals surface area (Å²) in [6.45, 7) is 4.23. The topological polar surface area (TPSA) is 0 Å². The van der Waals surface area contributed by atoms with Crippen LogP contribution in [0, 0.1) is 13.8 Å². The minimum atomic E-state index is 0.215. The molecule has 0 fully saturated rings. The van der Waals surface area contributed by atoms with Gasteiger partial charge >= 0.3 is 0 Å². The second kappa shape index (κ2) is 5.43. The SMILES string of the molecule is Cc1cc(C(Br)c2ccc(Cl)s2)c(C)cc1Br. The Labute approximate surface area is 127 Å². The van der Waals surface area contributed by atoms with Crippen molar-refractivity contribution in [2.45, 2.75) is 18.7 Å². The second-order valence-electron chi connectivity index (χ2n) is 3.96. The molecule has 1 atom stereocenters. The van der Waals surface area contributed by atoms with Crippen LogP contribution < -0.4 is 0 Å². The fourth-order valence-electron chi connectivity index (χ4n) is 1.69. The van der Waals surface area contributed by atoms with E-state index in [2.05, 4.69) is 63.9 Å². The van der Waals surface area contributed by atoms with Gasteiger partial charge in [0.15, 0.2) is 0 Å².